The van der Waals surface area contributed by atoms with E-state index in [0.717, 1.165) is 57.8 Å². The Bertz CT molecular complexity index is 2390. The van der Waals surface area contributed by atoms with Crippen LogP contribution in [0.15, 0.2) is 150 Å². The standard InChI is InChI=1S/C44H29NO/c1-4-14-30(15-5-1)32-24-26-36-37-27-25-33(29-42(37)45(41(36)28-32)34-18-8-3-9-19-34)43-39-22-12-13-23-40(39)44(46-43)38-21-11-10-20-35(38)31-16-6-2-7-17-31/h1-6,8-12,14-16,18-22,24-29H,13,23H2. The Morgan fingerprint density at radius 2 is 1.28 bits per heavy atom. The van der Waals surface area contributed by atoms with Crippen molar-refractivity contribution < 1.29 is 4.42 Å². The second-order valence-electron chi connectivity index (χ2n) is 11.8. The fourth-order valence-electron chi connectivity index (χ4n) is 7.02. The van der Waals surface area contributed by atoms with Gasteiger partial charge < -0.3 is 8.98 Å². The molecule has 216 valence electrons. The first-order valence-corrected chi connectivity index (χ1v) is 15.8. The molecule has 8 aromatic rings. The zero-order chi connectivity index (χ0) is 30.5. The van der Waals surface area contributed by atoms with E-state index in [1.54, 1.807) is 0 Å². The first-order valence-electron chi connectivity index (χ1n) is 15.8. The van der Waals surface area contributed by atoms with Gasteiger partial charge >= 0.3 is 0 Å². The van der Waals surface area contributed by atoms with Gasteiger partial charge in [-0.2, -0.15) is 0 Å². The van der Waals surface area contributed by atoms with Crippen molar-refractivity contribution in [1.82, 2.24) is 4.57 Å². The zero-order valence-corrected chi connectivity index (χ0v) is 25.2. The summed E-state index contributed by atoms with van der Waals surface area (Å²) < 4.78 is 9.36. The number of rotatable bonds is 5. The molecular weight excluding hydrogens is 558 g/mol. The van der Waals surface area contributed by atoms with Crippen LogP contribution in [-0.4, -0.2) is 4.57 Å². The van der Waals surface area contributed by atoms with E-state index in [4.69, 9.17) is 4.42 Å². The third kappa shape index (κ3) is 4.29. The highest BCUT2D eigenvalue weighted by Crippen LogP contribution is 2.45. The zero-order valence-electron chi connectivity index (χ0n) is 25.2. The Morgan fingerprint density at radius 3 is 2.04 bits per heavy atom. The number of fused-ring (bicyclic) bond motifs is 4. The van der Waals surface area contributed by atoms with E-state index in [0.29, 0.717) is 0 Å². The minimum absolute atomic E-state index is 0.913. The van der Waals surface area contributed by atoms with Crippen LogP contribution in [-0.2, 0) is 6.42 Å². The van der Waals surface area contributed by atoms with Crippen molar-refractivity contribution in [3.8, 4) is 50.6 Å². The van der Waals surface area contributed by atoms with Gasteiger partial charge in [0.05, 0.1) is 11.0 Å². The maximum absolute atomic E-state index is 6.96. The van der Waals surface area contributed by atoms with Crippen molar-refractivity contribution in [3.05, 3.63) is 169 Å². The van der Waals surface area contributed by atoms with Gasteiger partial charge in [-0.15, -0.1) is 0 Å². The average Bonchev–Trinajstić information content (AvgIpc) is 3.68. The SMILES string of the molecule is c1cccc(-c2ccccc2-c2oc(-c3ccc4c5ccc(-c6ccccc6)cc5n(-c5ccccc5)c4c3)c3c2CCC=C3)c#1. The topological polar surface area (TPSA) is 18.1 Å². The Kier molecular flexibility index (Phi) is 6.21. The van der Waals surface area contributed by atoms with Crippen LogP contribution in [0.3, 0.4) is 0 Å². The molecule has 46 heavy (non-hydrogen) atoms. The minimum Gasteiger partial charge on any atom is -0.455 e. The monoisotopic (exact) mass is 587 g/mol. The van der Waals surface area contributed by atoms with Crippen molar-refractivity contribution >= 4 is 27.9 Å². The fraction of sp³-hybridized carbons (Fsp3) is 0.0455. The number of furan rings is 1. The summed E-state index contributed by atoms with van der Waals surface area (Å²) in [5.74, 6) is 1.86. The molecule has 9 rings (SSSR count). The van der Waals surface area contributed by atoms with Gasteiger partial charge in [0.2, 0.25) is 0 Å². The van der Waals surface area contributed by atoms with Crippen LogP contribution in [0.1, 0.15) is 17.5 Å². The van der Waals surface area contributed by atoms with E-state index < -0.39 is 0 Å². The van der Waals surface area contributed by atoms with E-state index in [1.165, 1.54) is 38.5 Å². The molecule has 0 N–H and O–H groups in total. The molecule has 0 spiro atoms. The van der Waals surface area contributed by atoms with Gasteiger partial charge in [0, 0.05) is 49.8 Å². The molecule has 0 saturated heterocycles. The molecule has 0 fully saturated rings. The molecule has 0 aliphatic heterocycles. The molecule has 1 aliphatic rings. The summed E-state index contributed by atoms with van der Waals surface area (Å²) in [4.78, 5) is 0. The van der Waals surface area contributed by atoms with Gasteiger partial charge in [0.15, 0.2) is 0 Å². The molecule has 0 radical (unpaired) electrons. The third-order valence-electron chi connectivity index (χ3n) is 9.16. The maximum atomic E-state index is 6.96. The molecule has 0 bridgehead atoms. The first kappa shape index (κ1) is 26.4. The second kappa shape index (κ2) is 10.8. The maximum Gasteiger partial charge on any atom is 0.142 e. The minimum atomic E-state index is 0.913. The molecule has 2 aromatic heterocycles. The van der Waals surface area contributed by atoms with Crippen LogP contribution in [0.4, 0.5) is 0 Å². The normalized spacial score (nSPS) is 12.3. The van der Waals surface area contributed by atoms with E-state index in [2.05, 4.69) is 156 Å². The molecule has 2 heteroatoms. The van der Waals surface area contributed by atoms with Gasteiger partial charge in [0.1, 0.15) is 11.5 Å². The Hall–Kier alpha value is -6.04. The van der Waals surface area contributed by atoms with Gasteiger partial charge in [-0.25, -0.2) is 0 Å². The molecule has 6 aromatic carbocycles. The lowest BCUT2D eigenvalue weighted by atomic mass is 9.91. The van der Waals surface area contributed by atoms with E-state index in [-0.39, 0.29) is 0 Å². The van der Waals surface area contributed by atoms with Crippen molar-refractivity contribution in [1.29, 1.82) is 0 Å². The number of benzene rings is 5. The molecule has 2 nitrogen and oxygen atoms in total. The van der Waals surface area contributed by atoms with Crippen LogP contribution >= 0.6 is 0 Å². The third-order valence-corrected chi connectivity index (χ3v) is 9.16. The molecule has 1 aliphatic carbocycles. The number of aromatic nitrogens is 1. The van der Waals surface area contributed by atoms with Crippen LogP contribution in [0.25, 0.3) is 78.5 Å². The molecular formula is C44H29NO. The van der Waals surface area contributed by atoms with Crippen molar-refractivity contribution in [3.63, 3.8) is 0 Å². The average molecular weight is 588 g/mol. The summed E-state index contributed by atoms with van der Waals surface area (Å²) >= 11 is 0. The summed E-state index contributed by atoms with van der Waals surface area (Å²) in [6.45, 7) is 0. The summed E-state index contributed by atoms with van der Waals surface area (Å²) in [5.41, 5.74) is 12.6. The van der Waals surface area contributed by atoms with E-state index in [9.17, 15) is 0 Å². The quantitative estimate of drug-likeness (QED) is 0.196. The number of para-hydroxylation sites is 1. The highest BCUT2D eigenvalue weighted by atomic mass is 16.3. The predicted octanol–water partition coefficient (Wildman–Crippen LogP) is 11.6. The molecule has 0 atom stereocenters. The van der Waals surface area contributed by atoms with Gasteiger partial charge in [-0.05, 0) is 60.4 Å². The number of hydrogen-bond acceptors (Lipinski definition) is 1. The van der Waals surface area contributed by atoms with Gasteiger partial charge in [0.25, 0.3) is 0 Å². The molecule has 2 heterocycles. The van der Waals surface area contributed by atoms with E-state index >= 15 is 0 Å². The molecule has 0 saturated carbocycles. The van der Waals surface area contributed by atoms with Gasteiger partial charge in [-0.3, -0.25) is 0 Å². The summed E-state index contributed by atoms with van der Waals surface area (Å²) in [6, 6.07) is 55.8. The lowest BCUT2D eigenvalue weighted by molar-refractivity contribution is 0.594. The van der Waals surface area contributed by atoms with Crippen LogP contribution in [0.2, 0.25) is 0 Å². The number of allylic oxidation sites excluding steroid dienone is 1. The van der Waals surface area contributed by atoms with E-state index in [1.807, 2.05) is 12.1 Å². The Labute approximate surface area is 268 Å². The highest BCUT2D eigenvalue weighted by Gasteiger charge is 2.25. The Balaban J connectivity index is 1.27. The van der Waals surface area contributed by atoms with Gasteiger partial charge in [-0.1, -0.05) is 127 Å². The number of hydrogen-bond donors (Lipinski definition) is 0. The van der Waals surface area contributed by atoms with Crippen LogP contribution in [0.5, 0.6) is 0 Å². The van der Waals surface area contributed by atoms with Crippen molar-refractivity contribution in [2.45, 2.75) is 12.8 Å². The fourth-order valence-corrected chi connectivity index (χ4v) is 7.02. The Morgan fingerprint density at radius 1 is 0.587 bits per heavy atom. The van der Waals surface area contributed by atoms with Crippen molar-refractivity contribution in [2.24, 2.45) is 0 Å². The summed E-state index contributed by atoms with van der Waals surface area (Å²) in [5, 5.41) is 2.46. The highest BCUT2D eigenvalue weighted by molar-refractivity contribution is 6.11. The second-order valence-corrected chi connectivity index (χ2v) is 11.8. The summed E-state index contributed by atoms with van der Waals surface area (Å²) in [6.07, 6.45) is 6.45. The molecule has 0 unspecified atom stereocenters. The van der Waals surface area contributed by atoms with Crippen molar-refractivity contribution in [2.75, 3.05) is 0 Å². The lowest BCUT2D eigenvalue weighted by Crippen LogP contribution is -1.95. The largest absolute Gasteiger partial charge is 0.455 e. The first-order chi connectivity index (χ1) is 22.8. The van der Waals surface area contributed by atoms with Crippen LogP contribution in [0, 0.1) is 12.1 Å². The lowest BCUT2D eigenvalue weighted by Gasteiger charge is -2.10. The smallest absolute Gasteiger partial charge is 0.142 e. The predicted molar refractivity (Wildman–Crippen MR) is 190 cm³/mol. The number of nitrogens with zero attached hydrogens (tertiary/aromatic N) is 1. The summed E-state index contributed by atoms with van der Waals surface area (Å²) in [7, 11) is 0. The molecule has 0 amide bonds. The van der Waals surface area contributed by atoms with Crippen LogP contribution < -0.4 is 0 Å².